The average molecular weight is 383 g/mol. The third kappa shape index (κ3) is 4.57. The van der Waals surface area contributed by atoms with Gasteiger partial charge in [-0.25, -0.2) is 0 Å². The van der Waals surface area contributed by atoms with Gasteiger partial charge in [-0.15, -0.1) is 0 Å². The van der Waals surface area contributed by atoms with Gasteiger partial charge in [-0.05, 0) is 62.4 Å². The molecule has 2 fully saturated rings. The number of halogens is 3. The number of benzene rings is 1. The molecule has 1 aromatic carbocycles. The van der Waals surface area contributed by atoms with Crippen molar-refractivity contribution in [3.63, 3.8) is 0 Å². The Balaban J connectivity index is 1.84. The van der Waals surface area contributed by atoms with E-state index in [2.05, 4.69) is 10.2 Å². The van der Waals surface area contributed by atoms with Crippen LogP contribution in [0.2, 0.25) is 0 Å². The molecule has 1 amide bonds. The van der Waals surface area contributed by atoms with E-state index in [9.17, 15) is 18.0 Å². The molecule has 2 aliphatic heterocycles. The largest absolute Gasteiger partial charge is 0.416 e. The molecule has 0 unspecified atom stereocenters. The second-order valence-electron chi connectivity index (χ2n) is 7.64. The van der Waals surface area contributed by atoms with Crippen molar-refractivity contribution >= 4 is 11.6 Å². The second-order valence-corrected chi connectivity index (χ2v) is 7.64. The van der Waals surface area contributed by atoms with Crippen LogP contribution < -0.4 is 10.2 Å². The van der Waals surface area contributed by atoms with Crippen molar-refractivity contribution in [1.82, 2.24) is 10.2 Å². The molecule has 7 heteroatoms. The first kappa shape index (κ1) is 20.0. The fourth-order valence-corrected chi connectivity index (χ4v) is 4.22. The molecule has 27 heavy (non-hydrogen) atoms. The van der Waals surface area contributed by atoms with Gasteiger partial charge in [0.2, 0.25) is 5.91 Å². The number of rotatable bonds is 3. The number of amides is 1. The van der Waals surface area contributed by atoms with E-state index < -0.39 is 11.7 Å². The highest BCUT2D eigenvalue weighted by atomic mass is 19.4. The molecule has 4 nitrogen and oxygen atoms in total. The summed E-state index contributed by atoms with van der Waals surface area (Å²) >= 11 is 0. The number of alkyl halides is 3. The van der Waals surface area contributed by atoms with Crippen LogP contribution >= 0.6 is 0 Å². The van der Waals surface area contributed by atoms with E-state index >= 15 is 0 Å². The number of nitrogens with zero attached hydrogens (tertiary/aromatic N) is 2. The lowest BCUT2D eigenvalue weighted by atomic mass is 9.87. The molecular weight excluding hydrogens is 355 g/mol. The van der Waals surface area contributed by atoms with Crippen LogP contribution in [0.3, 0.4) is 0 Å². The number of nitrogens with one attached hydrogen (secondary N) is 1. The third-order valence-electron chi connectivity index (χ3n) is 5.99. The summed E-state index contributed by atoms with van der Waals surface area (Å²) in [7, 11) is 1.80. The van der Waals surface area contributed by atoms with Crippen molar-refractivity contribution in [2.75, 3.05) is 38.1 Å². The minimum Gasteiger partial charge on any atom is -0.371 e. The number of hydrogen-bond donors (Lipinski definition) is 1. The number of carbonyl (C=O) groups is 1. The van der Waals surface area contributed by atoms with Crippen LogP contribution in [0.4, 0.5) is 18.9 Å². The number of carbonyl (C=O) groups excluding carboxylic acids is 1. The lowest BCUT2D eigenvalue weighted by Gasteiger charge is -2.39. The molecule has 2 heterocycles. The van der Waals surface area contributed by atoms with Crippen LogP contribution in [0, 0.1) is 0 Å². The van der Waals surface area contributed by atoms with Crippen LogP contribution in [0.25, 0.3) is 0 Å². The maximum absolute atomic E-state index is 13.3. The Morgan fingerprint density at radius 1 is 1.15 bits per heavy atom. The van der Waals surface area contributed by atoms with Gasteiger partial charge in [0.25, 0.3) is 0 Å². The highest BCUT2D eigenvalue weighted by Crippen LogP contribution is 2.39. The Morgan fingerprint density at radius 2 is 1.78 bits per heavy atom. The summed E-state index contributed by atoms with van der Waals surface area (Å²) in [5, 5.41) is 3.32. The first-order valence-corrected chi connectivity index (χ1v) is 9.67. The molecule has 0 radical (unpaired) electrons. The summed E-state index contributed by atoms with van der Waals surface area (Å²) < 4.78 is 39.9. The van der Waals surface area contributed by atoms with Crippen LogP contribution in [0.5, 0.6) is 0 Å². The predicted molar refractivity (Wildman–Crippen MR) is 100.0 cm³/mol. The van der Waals surface area contributed by atoms with Gasteiger partial charge < -0.3 is 15.1 Å². The van der Waals surface area contributed by atoms with E-state index in [-0.39, 0.29) is 11.9 Å². The van der Waals surface area contributed by atoms with Crippen molar-refractivity contribution in [1.29, 1.82) is 0 Å². The van der Waals surface area contributed by atoms with E-state index in [0.717, 1.165) is 50.0 Å². The number of hydrogen-bond acceptors (Lipinski definition) is 3. The highest BCUT2D eigenvalue weighted by Gasteiger charge is 2.33. The van der Waals surface area contributed by atoms with Crippen molar-refractivity contribution < 1.29 is 18.0 Å². The van der Waals surface area contributed by atoms with Crippen LogP contribution in [-0.2, 0) is 11.0 Å². The van der Waals surface area contributed by atoms with Gasteiger partial charge in [0.15, 0.2) is 0 Å². The Bertz CT molecular complexity index is 663. The maximum atomic E-state index is 13.3. The predicted octanol–water partition coefficient (Wildman–Crippen LogP) is 3.62. The molecule has 0 bridgehead atoms. The highest BCUT2D eigenvalue weighted by molar-refractivity contribution is 5.73. The minimum atomic E-state index is -4.34. The molecule has 0 aromatic heterocycles. The van der Waals surface area contributed by atoms with Gasteiger partial charge in [-0.3, -0.25) is 4.79 Å². The van der Waals surface area contributed by atoms with Gasteiger partial charge in [0, 0.05) is 38.8 Å². The Morgan fingerprint density at radius 3 is 2.33 bits per heavy atom. The lowest BCUT2D eigenvalue weighted by molar-refractivity contribution is -0.137. The van der Waals surface area contributed by atoms with Crippen molar-refractivity contribution in [3.8, 4) is 0 Å². The van der Waals surface area contributed by atoms with Crippen molar-refractivity contribution in [2.45, 2.75) is 50.7 Å². The minimum absolute atomic E-state index is 0.0305. The fraction of sp³-hybridized carbons (Fsp3) is 0.650. The summed E-state index contributed by atoms with van der Waals surface area (Å²) in [6.07, 6.45) is -0.894. The van der Waals surface area contributed by atoms with E-state index in [1.54, 1.807) is 24.9 Å². The molecule has 1 aromatic rings. The van der Waals surface area contributed by atoms with Gasteiger partial charge in [-0.2, -0.15) is 13.2 Å². The monoisotopic (exact) mass is 383 g/mol. The van der Waals surface area contributed by atoms with Gasteiger partial charge in [0.1, 0.15) is 0 Å². The fourth-order valence-electron chi connectivity index (χ4n) is 4.22. The summed E-state index contributed by atoms with van der Waals surface area (Å²) in [5.74, 6) is 0.323. The topological polar surface area (TPSA) is 35.6 Å². The molecule has 2 saturated heterocycles. The molecule has 150 valence electrons. The van der Waals surface area contributed by atoms with Crippen LogP contribution in [-0.4, -0.2) is 50.1 Å². The maximum Gasteiger partial charge on any atom is 0.416 e. The smallest absolute Gasteiger partial charge is 0.371 e. The summed E-state index contributed by atoms with van der Waals surface area (Å²) in [6.45, 7) is 4.69. The first-order valence-electron chi connectivity index (χ1n) is 9.67. The average Bonchev–Trinajstić information content (AvgIpc) is 2.67. The quantitative estimate of drug-likeness (QED) is 0.866. The number of anilines is 1. The Labute approximate surface area is 158 Å². The van der Waals surface area contributed by atoms with Crippen LogP contribution in [0.15, 0.2) is 18.2 Å². The number of piperidine rings is 2. The molecular formula is C20H28F3N3O. The van der Waals surface area contributed by atoms with E-state index in [0.29, 0.717) is 19.0 Å². The summed E-state index contributed by atoms with van der Waals surface area (Å²) in [5.41, 5.74) is 1.17. The van der Waals surface area contributed by atoms with Gasteiger partial charge >= 0.3 is 6.18 Å². The third-order valence-corrected chi connectivity index (χ3v) is 5.99. The molecule has 0 spiro atoms. The molecule has 2 aliphatic rings. The van der Waals surface area contributed by atoms with E-state index in [1.165, 1.54) is 12.1 Å². The summed E-state index contributed by atoms with van der Waals surface area (Å²) in [4.78, 5) is 15.4. The summed E-state index contributed by atoms with van der Waals surface area (Å²) in [6, 6.07) is 4.39. The molecule has 0 atom stereocenters. The Hall–Kier alpha value is -1.76. The molecule has 0 saturated carbocycles. The normalized spacial score (nSPS) is 20.0. The van der Waals surface area contributed by atoms with Crippen molar-refractivity contribution in [2.24, 2.45) is 0 Å². The molecule has 1 N–H and O–H groups in total. The molecule has 3 rings (SSSR count). The van der Waals surface area contributed by atoms with Crippen molar-refractivity contribution in [3.05, 3.63) is 29.3 Å². The van der Waals surface area contributed by atoms with E-state index in [4.69, 9.17) is 0 Å². The zero-order valence-electron chi connectivity index (χ0n) is 16.0. The Kier molecular flexibility index (Phi) is 5.99. The van der Waals surface area contributed by atoms with E-state index in [1.807, 2.05) is 0 Å². The van der Waals surface area contributed by atoms with Gasteiger partial charge in [0.05, 0.1) is 5.56 Å². The zero-order valence-corrected chi connectivity index (χ0v) is 16.0. The second kappa shape index (κ2) is 8.09. The lowest BCUT2D eigenvalue weighted by Crippen LogP contribution is -2.45. The molecule has 0 aliphatic carbocycles. The zero-order chi connectivity index (χ0) is 19.6. The SMILES string of the molecule is CC(=O)N(C)C1CCN(c2cc(C(F)(F)F)ccc2C2CCNCC2)CC1. The first-order chi connectivity index (χ1) is 12.8. The van der Waals surface area contributed by atoms with Crippen LogP contribution in [0.1, 0.15) is 49.7 Å². The standard InChI is InChI=1S/C20H28F3N3O/c1-14(27)25(2)17-7-11-26(12-8-17)19-13-16(20(21,22)23)3-4-18(19)15-5-9-24-10-6-15/h3-4,13,15,17,24H,5-12H2,1-2H3. The van der Waals surface area contributed by atoms with Gasteiger partial charge in [-0.1, -0.05) is 6.07 Å².